The van der Waals surface area contributed by atoms with E-state index in [0.29, 0.717) is 13.0 Å². The van der Waals surface area contributed by atoms with Gasteiger partial charge in [0.2, 0.25) is 0 Å². The Kier molecular flexibility index (Phi) is 5.89. The molecule has 1 N–H and O–H groups in total. The van der Waals surface area contributed by atoms with Crippen LogP contribution in [0.3, 0.4) is 0 Å². The highest BCUT2D eigenvalue weighted by molar-refractivity contribution is 7.86. The van der Waals surface area contributed by atoms with E-state index < -0.39 is 27.0 Å². The van der Waals surface area contributed by atoms with Crippen molar-refractivity contribution in [2.24, 2.45) is 0 Å². The summed E-state index contributed by atoms with van der Waals surface area (Å²) in [5, 5.41) is 0. The van der Waals surface area contributed by atoms with Gasteiger partial charge in [0.1, 0.15) is 4.90 Å². The standard InChI is InChI=1S/C17H16O7S/c1-2-11-23-16(18)12-7-9-13(10-8-12)17(19)24-14-5-3-4-6-15(14)25(20,21)22/h3-10H,2,11H2,1H3,(H,20,21,22). The fourth-order valence-corrected chi connectivity index (χ4v) is 2.54. The molecule has 132 valence electrons. The van der Waals surface area contributed by atoms with Crippen LogP contribution >= 0.6 is 0 Å². The minimum atomic E-state index is -4.53. The molecule has 0 atom stereocenters. The third-order valence-corrected chi connectivity index (χ3v) is 4.02. The Morgan fingerprint density at radius 2 is 1.52 bits per heavy atom. The molecule has 0 amide bonds. The molecule has 0 bridgehead atoms. The van der Waals surface area contributed by atoms with Gasteiger partial charge in [-0.25, -0.2) is 9.59 Å². The van der Waals surface area contributed by atoms with Gasteiger partial charge in [0, 0.05) is 0 Å². The lowest BCUT2D eigenvalue weighted by Crippen LogP contribution is -2.12. The molecule has 2 aromatic rings. The smallest absolute Gasteiger partial charge is 0.343 e. The first kappa shape index (κ1) is 18.6. The molecule has 2 rings (SSSR count). The van der Waals surface area contributed by atoms with Gasteiger partial charge in [0.05, 0.1) is 17.7 Å². The van der Waals surface area contributed by atoms with E-state index in [2.05, 4.69) is 0 Å². The van der Waals surface area contributed by atoms with Crippen molar-refractivity contribution in [3.05, 3.63) is 59.7 Å². The molecule has 8 heteroatoms. The first-order valence-electron chi connectivity index (χ1n) is 7.39. The second-order valence-electron chi connectivity index (χ2n) is 5.02. The molecule has 0 aromatic heterocycles. The Bertz CT molecular complexity index is 870. The van der Waals surface area contributed by atoms with E-state index in [0.717, 1.165) is 6.07 Å². The molecule has 0 aliphatic heterocycles. The Morgan fingerprint density at radius 1 is 0.960 bits per heavy atom. The summed E-state index contributed by atoms with van der Waals surface area (Å²) in [5.74, 6) is -1.62. The first-order chi connectivity index (χ1) is 11.8. The number of hydrogen-bond acceptors (Lipinski definition) is 6. The Hall–Kier alpha value is -2.71. The quantitative estimate of drug-likeness (QED) is 0.477. The SMILES string of the molecule is CCCOC(=O)c1ccc(C(=O)Oc2ccccc2S(=O)(=O)O)cc1. The molecule has 25 heavy (non-hydrogen) atoms. The highest BCUT2D eigenvalue weighted by atomic mass is 32.2. The summed E-state index contributed by atoms with van der Waals surface area (Å²) in [5.41, 5.74) is 0.389. The molecule has 0 unspecified atom stereocenters. The zero-order valence-corrected chi connectivity index (χ0v) is 14.2. The predicted molar refractivity (Wildman–Crippen MR) is 88.2 cm³/mol. The molecule has 0 aliphatic rings. The minimum absolute atomic E-state index is 0.109. The van der Waals surface area contributed by atoms with E-state index in [1.165, 1.54) is 42.5 Å². The van der Waals surface area contributed by atoms with Gasteiger partial charge in [-0.05, 0) is 42.8 Å². The van der Waals surface area contributed by atoms with Crippen molar-refractivity contribution in [1.82, 2.24) is 0 Å². The normalized spacial score (nSPS) is 11.0. The Morgan fingerprint density at radius 3 is 2.08 bits per heavy atom. The van der Waals surface area contributed by atoms with E-state index in [-0.39, 0.29) is 16.9 Å². The van der Waals surface area contributed by atoms with E-state index >= 15 is 0 Å². The van der Waals surface area contributed by atoms with Crippen LogP contribution in [0.4, 0.5) is 0 Å². The molecular weight excluding hydrogens is 348 g/mol. The first-order valence-corrected chi connectivity index (χ1v) is 8.83. The summed E-state index contributed by atoms with van der Waals surface area (Å²) in [6, 6.07) is 10.7. The van der Waals surface area contributed by atoms with Gasteiger partial charge >= 0.3 is 11.9 Å². The molecule has 7 nitrogen and oxygen atoms in total. The van der Waals surface area contributed by atoms with Crippen LogP contribution < -0.4 is 4.74 Å². The van der Waals surface area contributed by atoms with E-state index in [4.69, 9.17) is 14.0 Å². The van der Waals surface area contributed by atoms with Crippen LogP contribution in [0.2, 0.25) is 0 Å². The van der Waals surface area contributed by atoms with Crippen LogP contribution in [0, 0.1) is 0 Å². The molecule has 0 fully saturated rings. The van der Waals surface area contributed by atoms with Crippen molar-refractivity contribution in [2.45, 2.75) is 18.2 Å². The third-order valence-electron chi connectivity index (χ3n) is 3.12. The zero-order valence-electron chi connectivity index (χ0n) is 13.3. The maximum atomic E-state index is 12.1. The van der Waals surface area contributed by atoms with Crippen molar-refractivity contribution in [1.29, 1.82) is 0 Å². The summed E-state index contributed by atoms with van der Waals surface area (Å²) in [6.45, 7) is 2.17. The van der Waals surface area contributed by atoms with Gasteiger partial charge in [-0.1, -0.05) is 19.1 Å². The Balaban J connectivity index is 2.16. The average Bonchev–Trinajstić information content (AvgIpc) is 2.59. The molecular formula is C17H16O7S. The maximum absolute atomic E-state index is 12.1. The van der Waals surface area contributed by atoms with Gasteiger partial charge in [-0.15, -0.1) is 0 Å². The van der Waals surface area contributed by atoms with Crippen LogP contribution in [-0.2, 0) is 14.9 Å². The number of benzene rings is 2. The number of esters is 2. The monoisotopic (exact) mass is 364 g/mol. The Labute approximate surface area is 144 Å². The summed E-state index contributed by atoms with van der Waals surface area (Å²) in [6.07, 6.45) is 0.698. The highest BCUT2D eigenvalue weighted by Crippen LogP contribution is 2.24. The molecule has 0 saturated carbocycles. The largest absolute Gasteiger partial charge is 0.462 e. The number of carbonyl (C=O) groups is 2. The lowest BCUT2D eigenvalue weighted by molar-refractivity contribution is 0.0504. The van der Waals surface area contributed by atoms with Crippen molar-refractivity contribution in [2.75, 3.05) is 6.61 Å². The van der Waals surface area contributed by atoms with E-state index in [9.17, 15) is 18.0 Å². The van der Waals surface area contributed by atoms with Crippen LogP contribution in [-0.4, -0.2) is 31.5 Å². The van der Waals surface area contributed by atoms with Crippen LogP contribution in [0.1, 0.15) is 34.1 Å². The van der Waals surface area contributed by atoms with Crippen LogP contribution in [0.15, 0.2) is 53.4 Å². The second kappa shape index (κ2) is 7.91. The van der Waals surface area contributed by atoms with Gasteiger partial charge < -0.3 is 9.47 Å². The summed E-state index contributed by atoms with van der Waals surface area (Å²) >= 11 is 0. The van der Waals surface area contributed by atoms with Gasteiger partial charge in [0.25, 0.3) is 10.1 Å². The van der Waals surface area contributed by atoms with Crippen molar-refractivity contribution < 1.29 is 32.0 Å². The highest BCUT2D eigenvalue weighted by Gasteiger charge is 2.19. The number of rotatable bonds is 6. The fraction of sp³-hybridized carbons (Fsp3) is 0.176. The number of para-hydroxylation sites is 1. The second-order valence-corrected chi connectivity index (χ2v) is 6.41. The third kappa shape index (κ3) is 4.88. The van der Waals surface area contributed by atoms with Gasteiger partial charge in [-0.2, -0.15) is 8.42 Å². The summed E-state index contributed by atoms with van der Waals surface area (Å²) < 4.78 is 41.7. The predicted octanol–water partition coefficient (Wildman–Crippen LogP) is 2.72. The lowest BCUT2D eigenvalue weighted by atomic mass is 10.1. The minimum Gasteiger partial charge on any atom is -0.462 e. The molecule has 0 radical (unpaired) electrons. The topological polar surface area (TPSA) is 107 Å². The van der Waals surface area contributed by atoms with E-state index in [1.807, 2.05) is 6.92 Å². The van der Waals surface area contributed by atoms with Crippen molar-refractivity contribution >= 4 is 22.1 Å². The molecule has 0 spiro atoms. The number of hydrogen-bond donors (Lipinski definition) is 1. The zero-order chi connectivity index (χ0) is 18.4. The maximum Gasteiger partial charge on any atom is 0.343 e. The summed E-state index contributed by atoms with van der Waals surface area (Å²) in [7, 11) is -4.53. The molecule has 2 aromatic carbocycles. The number of ether oxygens (including phenoxy) is 2. The molecule has 0 heterocycles. The van der Waals surface area contributed by atoms with Crippen LogP contribution in [0.5, 0.6) is 5.75 Å². The average molecular weight is 364 g/mol. The van der Waals surface area contributed by atoms with E-state index in [1.54, 1.807) is 0 Å². The summed E-state index contributed by atoms with van der Waals surface area (Å²) in [4.78, 5) is 23.3. The van der Waals surface area contributed by atoms with Gasteiger partial charge in [-0.3, -0.25) is 4.55 Å². The van der Waals surface area contributed by atoms with Crippen molar-refractivity contribution in [3.63, 3.8) is 0 Å². The molecule has 0 saturated heterocycles. The van der Waals surface area contributed by atoms with Gasteiger partial charge in [0.15, 0.2) is 5.75 Å². The fourth-order valence-electron chi connectivity index (χ4n) is 1.93. The molecule has 0 aliphatic carbocycles. The number of carbonyl (C=O) groups excluding carboxylic acids is 2. The van der Waals surface area contributed by atoms with Crippen molar-refractivity contribution in [3.8, 4) is 5.75 Å². The lowest BCUT2D eigenvalue weighted by Gasteiger charge is -2.08. The van der Waals surface area contributed by atoms with Crippen LogP contribution in [0.25, 0.3) is 0 Å².